The first-order chi connectivity index (χ1) is 14.7. The highest BCUT2D eigenvalue weighted by atomic mass is 32.2. The van der Waals surface area contributed by atoms with Crippen molar-refractivity contribution in [2.45, 2.75) is 44.1 Å². The fourth-order valence-corrected chi connectivity index (χ4v) is 4.60. The Morgan fingerprint density at radius 1 is 0.871 bits per heavy atom. The van der Waals surface area contributed by atoms with E-state index in [2.05, 4.69) is 59.9 Å². The van der Waals surface area contributed by atoms with E-state index in [0.717, 1.165) is 19.3 Å². The minimum absolute atomic E-state index is 0.248. The molecule has 1 saturated carbocycles. The van der Waals surface area contributed by atoms with Crippen LogP contribution in [0.5, 0.6) is 0 Å². The highest BCUT2D eigenvalue weighted by Crippen LogP contribution is 2.36. The molecule has 0 unspecified atom stereocenters. The van der Waals surface area contributed by atoms with Gasteiger partial charge in [-0.3, -0.25) is 4.55 Å². The van der Waals surface area contributed by atoms with E-state index in [-0.39, 0.29) is 6.04 Å². The predicted molar refractivity (Wildman–Crippen MR) is 124 cm³/mol. The van der Waals surface area contributed by atoms with E-state index >= 15 is 0 Å². The molecule has 4 aromatic rings. The summed E-state index contributed by atoms with van der Waals surface area (Å²) in [5.74, 6) is 0. The average Bonchev–Trinajstić information content (AvgIpc) is 2.71. The first kappa shape index (κ1) is 21.9. The summed E-state index contributed by atoms with van der Waals surface area (Å²) >= 11 is 0. The van der Waals surface area contributed by atoms with Gasteiger partial charge in [0, 0.05) is 6.54 Å². The van der Waals surface area contributed by atoms with Crippen LogP contribution in [-0.4, -0.2) is 47.7 Å². The van der Waals surface area contributed by atoms with Crippen LogP contribution in [0.2, 0.25) is 0 Å². The van der Waals surface area contributed by atoms with Crippen LogP contribution in [0.4, 0.5) is 0 Å². The minimum atomic E-state index is -3.67. The molecule has 0 radical (unpaired) electrons. The van der Waals surface area contributed by atoms with Crippen LogP contribution in [0.15, 0.2) is 54.6 Å². The monoisotopic (exact) mass is 441 g/mol. The van der Waals surface area contributed by atoms with E-state index in [1.165, 1.54) is 37.9 Å². The molecule has 0 saturated heterocycles. The van der Waals surface area contributed by atoms with Crippen molar-refractivity contribution in [3.05, 3.63) is 60.2 Å². The molecule has 4 N–H and O–H groups in total. The number of benzene rings is 4. The van der Waals surface area contributed by atoms with E-state index in [1.54, 1.807) is 0 Å². The van der Waals surface area contributed by atoms with Gasteiger partial charge in [-0.25, -0.2) is 0 Å². The van der Waals surface area contributed by atoms with Gasteiger partial charge in [-0.2, -0.15) is 8.42 Å². The second kappa shape index (κ2) is 8.68. The maximum Gasteiger partial charge on any atom is 0.261 e. The minimum Gasteiger partial charge on any atom is -0.391 e. The second-order valence-corrected chi connectivity index (χ2v) is 9.75. The summed E-state index contributed by atoms with van der Waals surface area (Å²) in [6.07, 6.45) is 2.17. The van der Waals surface area contributed by atoms with Crippen molar-refractivity contribution in [2.24, 2.45) is 0 Å². The van der Waals surface area contributed by atoms with Crippen LogP contribution in [0.1, 0.15) is 24.8 Å². The van der Waals surface area contributed by atoms with Crippen molar-refractivity contribution in [3.8, 4) is 0 Å². The van der Waals surface area contributed by atoms with Gasteiger partial charge in [0.05, 0.1) is 24.5 Å². The van der Waals surface area contributed by atoms with Crippen LogP contribution in [0, 0.1) is 0 Å². The maximum absolute atomic E-state index is 10.2. The zero-order valence-corrected chi connectivity index (χ0v) is 18.1. The average molecular weight is 442 g/mol. The summed E-state index contributed by atoms with van der Waals surface area (Å²) in [7, 11) is -3.67. The molecule has 1 aliphatic carbocycles. The van der Waals surface area contributed by atoms with Crippen LogP contribution in [-0.2, 0) is 16.7 Å². The third-order valence-electron chi connectivity index (χ3n) is 5.98. The summed E-state index contributed by atoms with van der Waals surface area (Å²) in [5, 5.41) is 31.5. The van der Waals surface area contributed by atoms with Crippen molar-refractivity contribution in [1.29, 1.82) is 0 Å². The Labute approximate surface area is 181 Å². The number of rotatable bonds is 3. The third kappa shape index (κ3) is 4.81. The Morgan fingerprint density at radius 2 is 1.39 bits per heavy atom. The number of nitrogens with one attached hydrogen (secondary N) is 1. The van der Waals surface area contributed by atoms with E-state index in [0.29, 0.717) is 12.8 Å². The molecule has 0 heterocycles. The lowest BCUT2D eigenvalue weighted by Gasteiger charge is -2.33. The van der Waals surface area contributed by atoms with Gasteiger partial charge in [-0.05, 0) is 57.1 Å². The molecule has 7 heteroatoms. The Balaban J connectivity index is 0.000000418. The highest BCUT2D eigenvalue weighted by molar-refractivity contribution is 7.85. The molecule has 1 fully saturated rings. The normalized spacial score (nSPS) is 22.0. The van der Waals surface area contributed by atoms with Crippen molar-refractivity contribution < 1.29 is 23.2 Å². The van der Waals surface area contributed by atoms with E-state index in [4.69, 9.17) is 4.55 Å². The Bertz CT molecular complexity index is 1270. The van der Waals surface area contributed by atoms with Gasteiger partial charge in [0.1, 0.15) is 0 Å². The molecule has 1 aliphatic rings. The maximum atomic E-state index is 10.2. The van der Waals surface area contributed by atoms with E-state index < -0.39 is 22.3 Å². The Kier molecular flexibility index (Phi) is 6.14. The largest absolute Gasteiger partial charge is 0.391 e. The quantitative estimate of drug-likeness (QED) is 0.287. The van der Waals surface area contributed by atoms with Gasteiger partial charge in [0.25, 0.3) is 10.1 Å². The van der Waals surface area contributed by atoms with Crippen molar-refractivity contribution in [1.82, 2.24) is 5.32 Å². The number of aliphatic hydroxyl groups excluding tert-OH is 2. The molecule has 0 amide bonds. The Morgan fingerprint density at radius 3 is 2.00 bits per heavy atom. The molecule has 31 heavy (non-hydrogen) atoms. The lowest BCUT2D eigenvalue weighted by Crippen LogP contribution is -2.50. The van der Waals surface area contributed by atoms with Gasteiger partial charge < -0.3 is 15.5 Å². The summed E-state index contributed by atoms with van der Waals surface area (Å²) in [4.78, 5) is 0. The van der Waals surface area contributed by atoms with Crippen LogP contribution in [0.3, 0.4) is 0 Å². The molecule has 164 valence electrons. The zero-order chi connectivity index (χ0) is 22.2. The van der Waals surface area contributed by atoms with Crippen LogP contribution >= 0.6 is 0 Å². The molecule has 5 rings (SSSR count). The first-order valence-corrected chi connectivity index (χ1v) is 12.2. The molecular weight excluding hydrogens is 414 g/mol. The molecule has 0 spiro atoms. The molecule has 6 nitrogen and oxygen atoms in total. The van der Waals surface area contributed by atoms with Crippen molar-refractivity contribution in [3.63, 3.8) is 0 Å². The molecule has 4 aromatic carbocycles. The number of hydrogen-bond acceptors (Lipinski definition) is 5. The topological polar surface area (TPSA) is 107 Å². The lowest BCUT2D eigenvalue weighted by atomic mass is 9.89. The summed E-state index contributed by atoms with van der Waals surface area (Å²) < 4.78 is 25.9. The van der Waals surface area contributed by atoms with Gasteiger partial charge in [0.2, 0.25) is 0 Å². The number of hydrogen-bond donors (Lipinski definition) is 4. The van der Waals surface area contributed by atoms with Gasteiger partial charge in [-0.1, -0.05) is 54.6 Å². The van der Waals surface area contributed by atoms with E-state index in [9.17, 15) is 18.6 Å². The van der Waals surface area contributed by atoms with E-state index in [1.807, 2.05) is 0 Å². The van der Waals surface area contributed by atoms with Crippen molar-refractivity contribution >= 4 is 42.4 Å². The standard InChI is InChI=1S/C23H23NO2.CH4O3S/c25-19-5-2-6-20(26)23(19)24-13-17-10-9-16-8-7-14-3-1-4-15-11-12-18(17)22(16)21(14)15;1-5(2,3)4/h1,3-4,7-12,19-20,23-26H,2,5-6,13H2;1H3,(H,2,3,4)/t19-,20+,23+;. The predicted octanol–water partition coefficient (Wildman–Crippen LogP) is 3.45. The van der Waals surface area contributed by atoms with Gasteiger partial charge >= 0.3 is 0 Å². The van der Waals surface area contributed by atoms with Crippen LogP contribution in [0.25, 0.3) is 32.3 Å². The first-order valence-electron chi connectivity index (χ1n) is 10.4. The molecule has 3 atom stereocenters. The molecule has 0 bridgehead atoms. The fourth-order valence-electron chi connectivity index (χ4n) is 4.60. The molecule has 0 aliphatic heterocycles. The SMILES string of the molecule is CS(=O)(=O)O.O[C@@H]1CCC[C@H](O)[C@H]1NCc1ccc2ccc3cccc4ccc1c2c34. The number of aliphatic hydroxyl groups is 2. The smallest absolute Gasteiger partial charge is 0.261 e. The highest BCUT2D eigenvalue weighted by Gasteiger charge is 2.30. The summed E-state index contributed by atoms with van der Waals surface area (Å²) in [5.41, 5.74) is 1.21. The van der Waals surface area contributed by atoms with Crippen LogP contribution < -0.4 is 5.32 Å². The van der Waals surface area contributed by atoms with Crippen molar-refractivity contribution in [2.75, 3.05) is 6.26 Å². The third-order valence-corrected chi connectivity index (χ3v) is 5.98. The lowest BCUT2D eigenvalue weighted by molar-refractivity contribution is 0.000911. The molecule has 0 aromatic heterocycles. The molecular formula is C24H27NO5S. The summed E-state index contributed by atoms with van der Waals surface area (Å²) in [6.45, 7) is 0.646. The Hall–Kier alpha value is -2.29. The zero-order valence-electron chi connectivity index (χ0n) is 17.3. The fraction of sp³-hybridized carbons (Fsp3) is 0.333. The second-order valence-electron chi connectivity index (χ2n) is 8.29. The van der Waals surface area contributed by atoms with Gasteiger partial charge in [-0.15, -0.1) is 0 Å². The summed E-state index contributed by atoms with van der Waals surface area (Å²) in [6, 6.07) is 19.3. The van der Waals surface area contributed by atoms with Gasteiger partial charge in [0.15, 0.2) is 0 Å².